The third-order valence-corrected chi connectivity index (χ3v) is 5.01. The first-order chi connectivity index (χ1) is 13.6. The molecule has 0 bridgehead atoms. The van der Waals surface area contributed by atoms with Crippen molar-refractivity contribution in [1.82, 2.24) is 15.2 Å². The summed E-state index contributed by atoms with van der Waals surface area (Å²) in [6, 6.07) is 13.5. The molecule has 0 aliphatic carbocycles. The van der Waals surface area contributed by atoms with Crippen LogP contribution in [0.25, 0.3) is 0 Å². The maximum atomic E-state index is 12.5. The van der Waals surface area contributed by atoms with Crippen LogP contribution in [-0.4, -0.2) is 41.4 Å². The standard InChI is InChI=1S/C22H27N3O3/c1-28-20-7-4-5-17(15-20)16-25-14-12-19(9-11-22(25)27)24-21(26)10-8-18-6-2-3-13-23-18/h2-7,13,15,19H,8-12,14,16H2,1H3,(H,24,26). The van der Waals surface area contributed by atoms with Crippen LogP contribution in [0.2, 0.25) is 0 Å². The zero-order valence-electron chi connectivity index (χ0n) is 16.3. The summed E-state index contributed by atoms with van der Waals surface area (Å²) in [5, 5.41) is 3.09. The summed E-state index contributed by atoms with van der Waals surface area (Å²) >= 11 is 0. The van der Waals surface area contributed by atoms with Gasteiger partial charge in [0.2, 0.25) is 11.8 Å². The number of methoxy groups -OCH3 is 1. The summed E-state index contributed by atoms with van der Waals surface area (Å²) in [5.74, 6) is 0.940. The molecule has 1 atom stereocenters. The number of hydrogen-bond acceptors (Lipinski definition) is 4. The van der Waals surface area contributed by atoms with Crippen molar-refractivity contribution in [1.29, 1.82) is 0 Å². The van der Waals surface area contributed by atoms with Crippen LogP contribution in [0.15, 0.2) is 48.7 Å². The number of likely N-dealkylation sites (tertiary alicyclic amines) is 1. The van der Waals surface area contributed by atoms with E-state index < -0.39 is 0 Å². The predicted molar refractivity (Wildman–Crippen MR) is 107 cm³/mol. The predicted octanol–water partition coefficient (Wildman–Crippen LogP) is 2.72. The minimum Gasteiger partial charge on any atom is -0.497 e. The Morgan fingerprint density at radius 1 is 1.25 bits per heavy atom. The smallest absolute Gasteiger partial charge is 0.222 e. The molecule has 1 aliphatic heterocycles. The van der Waals surface area contributed by atoms with E-state index in [0.717, 1.165) is 23.4 Å². The van der Waals surface area contributed by atoms with Gasteiger partial charge in [0.05, 0.1) is 7.11 Å². The van der Waals surface area contributed by atoms with E-state index in [1.807, 2.05) is 47.4 Å². The van der Waals surface area contributed by atoms with Gasteiger partial charge >= 0.3 is 0 Å². The van der Waals surface area contributed by atoms with Gasteiger partial charge in [-0.3, -0.25) is 14.6 Å². The van der Waals surface area contributed by atoms with Gasteiger partial charge in [-0.2, -0.15) is 0 Å². The third-order valence-electron chi connectivity index (χ3n) is 5.01. The lowest BCUT2D eigenvalue weighted by molar-refractivity contribution is -0.131. The molecule has 28 heavy (non-hydrogen) atoms. The van der Waals surface area contributed by atoms with Crippen molar-refractivity contribution >= 4 is 11.8 Å². The van der Waals surface area contributed by atoms with Crippen molar-refractivity contribution in [3.05, 3.63) is 59.9 Å². The number of pyridine rings is 1. The first-order valence-electron chi connectivity index (χ1n) is 9.74. The number of ether oxygens (including phenoxy) is 1. The molecule has 2 amide bonds. The highest BCUT2D eigenvalue weighted by molar-refractivity contribution is 5.78. The number of aromatic nitrogens is 1. The van der Waals surface area contributed by atoms with Crippen molar-refractivity contribution in [3.8, 4) is 5.75 Å². The normalized spacial score (nSPS) is 17.1. The molecule has 3 rings (SSSR count). The largest absolute Gasteiger partial charge is 0.497 e. The highest BCUT2D eigenvalue weighted by Crippen LogP contribution is 2.18. The van der Waals surface area contributed by atoms with Gasteiger partial charge < -0.3 is 15.0 Å². The van der Waals surface area contributed by atoms with E-state index in [1.165, 1.54) is 0 Å². The fourth-order valence-corrected chi connectivity index (χ4v) is 3.43. The molecule has 1 N–H and O–H groups in total. The molecule has 0 radical (unpaired) electrons. The van der Waals surface area contributed by atoms with Crippen LogP contribution in [-0.2, 0) is 22.6 Å². The minimum atomic E-state index is 0.0179. The lowest BCUT2D eigenvalue weighted by Crippen LogP contribution is -2.36. The molecule has 1 aromatic carbocycles. The van der Waals surface area contributed by atoms with E-state index in [1.54, 1.807) is 13.3 Å². The zero-order valence-corrected chi connectivity index (χ0v) is 16.3. The van der Waals surface area contributed by atoms with Gasteiger partial charge in [0.15, 0.2) is 0 Å². The summed E-state index contributed by atoms with van der Waals surface area (Å²) in [5.41, 5.74) is 1.96. The van der Waals surface area contributed by atoms with Gasteiger partial charge in [-0.25, -0.2) is 0 Å². The third kappa shape index (κ3) is 5.81. The van der Waals surface area contributed by atoms with E-state index in [0.29, 0.717) is 38.8 Å². The lowest BCUT2D eigenvalue weighted by Gasteiger charge is -2.21. The number of aryl methyl sites for hydroxylation is 1. The van der Waals surface area contributed by atoms with Gasteiger partial charge in [-0.1, -0.05) is 18.2 Å². The summed E-state index contributed by atoms with van der Waals surface area (Å²) in [4.78, 5) is 30.9. The van der Waals surface area contributed by atoms with Gasteiger partial charge in [-0.15, -0.1) is 0 Å². The van der Waals surface area contributed by atoms with Crippen LogP contribution in [0.1, 0.15) is 36.9 Å². The Morgan fingerprint density at radius 3 is 2.93 bits per heavy atom. The number of carbonyl (C=O) groups is 2. The quantitative estimate of drug-likeness (QED) is 0.800. The van der Waals surface area contributed by atoms with Crippen LogP contribution in [0.3, 0.4) is 0 Å². The SMILES string of the molecule is COc1cccc(CN2CCC(NC(=O)CCc3ccccn3)CCC2=O)c1. The fourth-order valence-electron chi connectivity index (χ4n) is 3.43. The van der Waals surface area contributed by atoms with E-state index in [4.69, 9.17) is 4.74 Å². The molecule has 1 aromatic heterocycles. The molecular weight excluding hydrogens is 354 g/mol. The average Bonchev–Trinajstić information content (AvgIpc) is 2.89. The molecule has 148 valence electrons. The fraction of sp³-hybridized carbons (Fsp3) is 0.409. The van der Waals surface area contributed by atoms with E-state index >= 15 is 0 Å². The second kappa shape index (κ2) is 9.88. The molecule has 1 unspecified atom stereocenters. The van der Waals surface area contributed by atoms with Gasteiger partial charge in [0, 0.05) is 43.9 Å². The van der Waals surface area contributed by atoms with Crippen LogP contribution >= 0.6 is 0 Å². The number of carbonyl (C=O) groups excluding carboxylic acids is 2. The summed E-state index contributed by atoms with van der Waals surface area (Å²) < 4.78 is 5.26. The Kier molecular flexibility index (Phi) is 7.00. The molecule has 2 heterocycles. The number of nitrogens with one attached hydrogen (secondary N) is 1. The Bertz CT molecular complexity index is 795. The van der Waals surface area contributed by atoms with Gasteiger partial charge in [0.1, 0.15) is 5.75 Å². The highest BCUT2D eigenvalue weighted by Gasteiger charge is 2.23. The second-order valence-corrected chi connectivity index (χ2v) is 7.08. The number of nitrogens with zero attached hydrogens (tertiary/aromatic N) is 2. The molecule has 6 nitrogen and oxygen atoms in total. The number of hydrogen-bond donors (Lipinski definition) is 1. The topological polar surface area (TPSA) is 71.5 Å². The Morgan fingerprint density at radius 2 is 2.14 bits per heavy atom. The average molecular weight is 381 g/mol. The molecule has 6 heteroatoms. The second-order valence-electron chi connectivity index (χ2n) is 7.08. The monoisotopic (exact) mass is 381 g/mol. The van der Waals surface area contributed by atoms with Crippen LogP contribution < -0.4 is 10.1 Å². The van der Waals surface area contributed by atoms with Crippen LogP contribution in [0.4, 0.5) is 0 Å². The first-order valence-corrected chi connectivity index (χ1v) is 9.74. The summed E-state index contributed by atoms with van der Waals surface area (Å²) in [6.45, 7) is 1.21. The zero-order chi connectivity index (χ0) is 19.8. The Labute approximate surface area is 165 Å². The van der Waals surface area contributed by atoms with Crippen LogP contribution in [0.5, 0.6) is 5.75 Å². The van der Waals surface area contributed by atoms with Crippen molar-refractivity contribution < 1.29 is 14.3 Å². The van der Waals surface area contributed by atoms with Crippen molar-refractivity contribution in [2.24, 2.45) is 0 Å². The molecule has 0 saturated carbocycles. The Hall–Kier alpha value is -2.89. The van der Waals surface area contributed by atoms with E-state index in [9.17, 15) is 9.59 Å². The number of amides is 2. The molecule has 1 aliphatic rings. The van der Waals surface area contributed by atoms with Gasteiger partial charge in [0.25, 0.3) is 0 Å². The lowest BCUT2D eigenvalue weighted by atomic mass is 10.1. The minimum absolute atomic E-state index is 0.0179. The molecule has 1 saturated heterocycles. The first kappa shape index (κ1) is 19.9. The molecular formula is C22H27N3O3. The van der Waals surface area contributed by atoms with E-state index in [2.05, 4.69) is 10.3 Å². The maximum Gasteiger partial charge on any atom is 0.222 e. The van der Waals surface area contributed by atoms with Crippen LogP contribution in [0, 0.1) is 0 Å². The number of rotatable bonds is 7. The molecule has 0 spiro atoms. The molecule has 2 aromatic rings. The highest BCUT2D eigenvalue weighted by atomic mass is 16.5. The van der Waals surface area contributed by atoms with Crippen molar-refractivity contribution in [2.45, 2.75) is 44.7 Å². The maximum absolute atomic E-state index is 12.5. The summed E-state index contributed by atoms with van der Waals surface area (Å²) in [6.07, 6.45) is 4.68. The Balaban J connectivity index is 1.49. The van der Waals surface area contributed by atoms with E-state index in [-0.39, 0.29) is 17.9 Å². The van der Waals surface area contributed by atoms with Gasteiger partial charge in [-0.05, 0) is 49.1 Å². The number of benzene rings is 1. The van der Waals surface area contributed by atoms with Crippen molar-refractivity contribution in [3.63, 3.8) is 0 Å². The van der Waals surface area contributed by atoms with Crippen molar-refractivity contribution in [2.75, 3.05) is 13.7 Å². The summed E-state index contributed by atoms with van der Waals surface area (Å²) in [7, 11) is 1.64. The molecule has 1 fully saturated rings.